The minimum atomic E-state index is -3.93. The Morgan fingerprint density at radius 2 is 2.04 bits per heavy atom. The summed E-state index contributed by atoms with van der Waals surface area (Å²) in [6, 6.07) is 2.71. The van der Waals surface area contributed by atoms with Crippen LogP contribution in [0, 0.1) is 19.8 Å². The monoisotopic (exact) mass is 380 g/mol. The lowest BCUT2D eigenvalue weighted by molar-refractivity contribution is -0.123. The molecule has 0 bridgehead atoms. The van der Waals surface area contributed by atoms with E-state index >= 15 is 0 Å². The number of nitrogens with zero attached hydrogens (tertiary/aromatic N) is 2. The highest BCUT2D eigenvalue weighted by atomic mass is 32.2. The predicted molar refractivity (Wildman–Crippen MR) is 95.6 cm³/mol. The summed E-state index contributed by atoms with van der Waals surface area (Å²) in [6.07, 6.45) is 3.65. The lowest BCUT2D eigenvalue weighted by atomic mass is 10.0. The molecule has 0 saturated carbocycles. The van der Waals surface area contributed by atoms with E-state index < -0.39 is 22.0 Å². The van der Waals surface area contributed by atoms with Crippen LogP contribution in [0.4, 0.5) is 0 Å². The van der Waals surface area contributed by atoms with Crippen LogP contribution in [0.2, 0.25) is 0 Å². The van der Waals surface area contributed by atoms with Crippen molar-refractivity contribution in [2.75, 3.05) is 0 Å². The first-order valence-corrected chi connectivity index (χ1v) is 9.81. The molecule has 0 radical (unpaired) electrons. The van der Waals surface area contributed by atoms with Crippen LogP contribution in [0.5, 0.6) is 0 Å². The van der Waals surface area contributed by atoms with Crippen LogP contribution >= 0.6 is 0 Å². The van der Waals surface area contributed by atoms with Gasteiger partial charge in [-0.3, -0.25) is 9.78 Å². The fraction of sp³-hybridized carbons (Fsp3) is 0.471. The molecule has 0 saturated heterocycles. The molecule has 1 atom stereocenters. The average molecular weight is 380 g/mol. The van der Waals surface area contributed by atoms with Gasteiger partial charge in [-0.2, -0.15) is 4.72 Å². The van der Waals surface area contributed by atoms with E-state index in [-0.39, 0.29) is 28.8 Å². The van der Waals surface area contributed by atoms with Gasteiger partial charge in [0, 0.05) is 18.9 Å². The molecular weight excluding hydrogens is 356 g/mol. The van der Waals surface area contributed by atoms with Crippen molar-refractivity contribution in [2.24, 2.45) is 5.92 Å². The first-order valence-electron chi connectivity index (χ1n) is 8.32. The standard InChI is InChI=1S/C17H24N4O4S/c1-11(2)8-15(17(22)19-10-14-6-5-7-18-9-14)21-26(23,24)16-12(3)20-25-13(16)4/h5-7,9,11,15,21H,8,10H2,1-4H3,(H,19,22)/t15-/m0/s1. The van der Waals surface area contributed by atoms with Crippen molar-refractivity contribution in [3.63, 3.8) is 0 Å². The van der Waals surface area contributed by atoms with Crippen LogP contribution in [0.1, 0.15) is 37.3 Å². The normalized spacial score (nSPS) is 13.0. The Kier molecular flexibility index (Phi) is 6.49. The number of aryl methyl sites for hydroxylation is 2. The number of amides is 1. The van der Waals surface area contributed by atoms with Gasteiger partial charge < -0.3 is 9.84 Å². The predicted octanol–water partition coefficient (Wildman–Crippen LogP) is 1.70. The summed E-state index contributed by atoms with van der Waals surface area (Å²) >= 11 is 0. The Labute approximate surface area is 153 Å². The van der Waals surface area contributed by atoms with E-state index in [0.29, 0.717) is 6.42 Å². The molecular formula is C17H24N4O4S. The van der Waals surface area contributed by atoms with Gasteiger partial charge in [0.2, 0.25) is 15.9 Å². The van der Waals surface area contributed by atoms with Gasteiger partial charge in [-0.1, -0.05) is 25.1 Å². The molecule has 0 fully saturated rings. The largest absolute Gasteiger partial charge is 0.360 e. The van der Waals surface area contributed by atoms with Crippen molar-refractivity contribution in [3.05, 3.63) is 41.5 Å². The number of rotatable bonds is 8. The average Bonchev–Trinajstić information content (AvgIpc) is 2.91. The van der Waals surface area contributed by atoms with Crippen LogP contribution in [0.3, 0.4) is 0 Å². The van der Waals surface area contributed by atoms with Crippen molar-refractivity contribution in [1.82, 2.24) is 20.2 Å². The highest BCUT2D eigenvalue weighted by molar-refractivity contribution is 7.89. The second-order valence-corrected chi connectivity index (χ2v) is 8.19. The Bertz CT molecular complexity index is 827. The second-order valence-electron chi connectivity index (χ2n) is 6.54. The zero-order chi connectivity index (χ0) is 19.3. The van der Waals surface area contributed by atoms with Gasteiger partial charge in [0.1, 0.15) is 16.6 Å². The lowest BCUT2D eigenvalue weighted by Crippen LogP contribution is -2.47. The Morgan fingerprint density at radius 1 is 1.31 bits per heavy atom. The number of carbonyl (C=O) groups excluding carboxylic acids is 1. The van der Waals surface area contributed by atoms with Gasteiger partial charge in [0.05, 0.1) is 0 Å². The summed E-state index contributed by atoms with van der Waals surface area (Å²) in [4.78, 5) is 16.5. The van der Waals surface area contributed by atoms with Crippen LogP contribution in [0.25, 0.3) is 0 Å². The maximum Gasteiger partial charge on any atom is 0.246 e. The van der Waals surface area contributed by atoms with E-state index in [0.717, 1.165) is 5.56 Å². The molecule has 0 aliphatic rings. The fourth-order valence-electron chi connectivity index (χ4n) is 2.60. The van der Waals surface area contributed by atoms with Crippen molar-refractivity contribution < 1.29 is 17.7 Å². The first-order chi connectivity index (χ1) is 12.2. The van der Waals surface area contributed by atoms with Crippen LogP contribution in [-0.4, -0.2) is 30.5 Å². The number of aromatic nitrogens is 2. The maximum atomic E-state index is 12.7. The van der Waals surface area contributed by atoms with Gasteiger partial charge in [0.25, 0.3) is 0 Å². The van der Waals surface area contributed by atoms with E-state index in [1.54, 1.807) is 25.4 Å². The molecule has 9 heteroatoms. The molecule has 0 aromatic carbocycles. The summed E-state index contributed by atoms with van der Waals surface area (Å²) in [5.74, 6) is -0.0801. The topological polar surface area (TPSA) is 114 Å². The SMILES string of the molecule is Cc1noc(C)c1S(=O)(=O)N[C@@H](CC(C)C)C(=O)NCc1cccnc1. The van der Waals surface area contributed by atoms with Crippen LogP contribution in [0.15, 0.2) is 33.9 Å². The smallest absolute Gasteiger partial charge is 0.246 e. The van der Waals surface area contributed by atoms with Gasteiger partial charge in [-0.15, -0.1) is 0 Å². The van der Waals surface area contributed by atoms with E-state index in [9.17, 15) is 13.2 Å². The number of hydrogen-bond donors (Lipinski definition) is 2. The Hall–Kier alpha value is -2.26. The molecule has 26 heavy (non-hydrogen) atoms. The molecule has 1 amide bonds. The molecule has 0 aliphatic carbocycles. The van der Waals surface area contributed by atoms with Crippen LogP contribution < -0.4 is 10.0 Å². The Morgan fingerprint density at radius 3 is 2.58 bits per heavy atom. The second kappa shape index (κ2) is 8.41. The fourth-order valence-corrected chi connectivity index (χ4v) is 4.14. The molecule has 0 unspecified atom stereocenters. The van der Waals surface area contributed by atoms with E-state index in [2.05, 4.69) is 20.2 Å². The molecule has 2 N–H and O–H groups in total. The highest BCUT2D eigenvalue weighted by Gasteiger charge is 2.30. The molecule has 0 aliphatic heterocycles. The molecule has 8 nitrogen and oxygen atoms in total. The third-order valence-corrected chi connectivity index (χ3v) is 5.46. The molecule has 2 aromatic heterocycles. The third kappa shape index (κ3) is 5.12. The van der Waals surface area contributed by atoms with Gasteiger partial charge in [-0.05, 0) is 37.8 Å². The molecule has 0 spiro atoms. The van der Waals surface area contributed by atoms with Crippen LogP contribution in [-0.2, 0) is 21.4 Å². The van der Waals surface area contributed by atoms with E-state index in [4.69, 9.17) is 4.52 Å². The highest BCUT2D eigenvalue weighted by Crippen LogP contribution is 2.20. The Balaban J connectivity index is 2.15. The zero-order valence-electron chi connectivity index (χ0n) is 15.3. The maximum absolute atomic E-state index is 12.7. The van der Waals surface area contributed by atoms with Gasteiger partial charge >= 0.3 is 0 Å². The van der Waals surface area contributed by atoms with Gasteiger partial charge in [-0.25, -0.2) is 8.42 Å². The van der Waals surface area contributed by atoms with Gasteiger partial charge in [0.15, 0.2) is 5.76 Å². The summed E-state index contributed by atoms with van der Waals surface area (Å²) in [5.41, 5.74) is 1.09. The summed E-state index contributed by atoms with van der Waals surface area (Å²) in [7, 11) is -3.93. The third-order valence-electron chi connectivity index (χ3n) is 3.75. The van der Waals surface area contributed by atoms with Crippen molar-refractivity contribution in [1.29, 1.82) is 0 Å². The molecule has 2 heterocycles. The zero-order valence-corrected chi connectivity index (χ0v) is 16.1. The minimum Gasteiger partial charge on any atom is -0.360 e. The number of hydrogen-bond acceptors (Lipinski definition) is 6. The molecule has 2 aromatic rings. The number of sulfonamides is 1. The molecule has 142 valence electrons. The molecule has 2 rings (SSSR count). The summed E-state index contributed by atoms with van der Waals surface area (Å²) in [6.45, 7) is 7.19. The first kappa shape index (κ1) is 20.1. The quantitative estimate of drug-likeness (QED) is 0.720. The van der Waals surface area contributed by atoms with E-state index in [1.165, 1.54) is 6.92 Å². The lowest BCUT2D eigenvalue weighted by Gasteiger charge is -2.20. The number of carbonyl (C=O) groups is 1. The van der Waals surface area contributed by atoms with Crippen molar-refractivity contribution in [2.45, 2.75) is 51.6 Å². The summed E-state index contributed by atoms with van der Waals surface area (Å²) in [5, 5.41) is 6.43. The van der Waals surface area contributed by atoms with E-state index in [1.807, 2.05) is 19.9 Å². The summed E-state index contributed by atoms with van der Waals surface area (Å²) < 4.78 is 32.8. The number of pyridine rings is 1. The van der Waals surface area contributed by atoms with Crippen molar-refractivity contribution >= 4 is 15.9 Å². The minimum absolute atomic E-state index is 0.0219. The number of nitrogens with one attached hydrogen (secondary N) is 2. The van der Waals surface area contributed by atoms with Crippen molar-refractivity contribution in [3.8, 4) is 0 Å².